The maximum atomic E-state index is 11.5. The van der Waals surface area contributed by atoms with Crippen LogP contribution in [-0.2, 0) is 14.3 Å². The van der Waals surface area contributed by atoms with Crippen molar-refractivity contribution in [3.8, 4) is 0 Å². The molecule has 0 N–H and O–H groups in total. The molecule has 4 unspecified atom stereocenters. The van der Waals surface area contributed by atoms with Gasteiger partial charge in [-0.1, -0.05) is 6.92 Å². The van der Waals surface area contributed by atoms with Crippen molar-refractivity contribution in [2.75, 3.05) is 7.11 Å². The second-order valence-corrected chi connectivity index (χ2v) is 4.58. The molecule has 1 aliphatic heterocycles. The van der Waals surface area contributed by atoms with Gasteiger partial charge in [-0.3, -0.25) is 4.79 Å². The Balaban J connectivity index is 2.14. The van der Waals surface area contributed by atoms with E-state index in [1.807, 2.05) is 6.92 Å². The molecule has 1 heterocycles. The second kappa shape index (κ2) is 2.85. The fourth-order valence-corrected chi connectivity index (χ4v) is 2.37. The molecule has 1 aliphatic carbocycles. The van der Waals surface area contributed by atoms with E-state index >= 15 is 0 Å². The summed E-state index contributed by atoms with van der Waals surface area (Å²) in [5.41, 5.74) is 0. The number of methoxy groups -OCH3 is 1. The Hall–Kier alpha value is -0.280. The lowest BCUT2D eigenvalue weighted by Crippen LogP contribution is -2.44. The van der Waals surface area contributed by atoms with Crippen LogP contribution >= 0.6 is 11.6 Å². The molecule has 0 aromatic heterocycles. The number of hydrogen-bond donors (Lipinski definition) is 0. The first-order valence-electron chi connectivity index (χ1n) is 4.50. The molecule has 0 aromatic rings. The number of hydrogen-bond acceptors (Lipinski definition) is 3. The third-order valence-corrected chi connectivity index (χ3v) is 3.76. The monoisotopic (exact) mass is 204 g/mol. The molecule has 3 nitrogen and oxygen atoms in total. The second-order valence-electron chi connectivity index (χ2n) is 3.91. The fraction of sp³-hybridized carbons (Fsp3) is 0.889. The van der Waals surface area contributed by atoms with Crippen LogP contribution in [0.5, 0.6) is 0 Å². The number of halogens is 1. The van der Waals surface area contributed by atoms with Gasteiger partial charge in [-0.05, 0) is 12.3 Å². The number of ether oxygens (including phenoxy) is 2. The number of fused-ring (bicyclic) bond motifs is 1. The van der Waals surface area contributed by atoms with Gasteiger partial charge >= 0.3 is 5.97 Å². The molecular weight excluding hydrogens is 192 g/mol. The van der Waals surface area contributed by atoms with E-state index in [1.165, 1.54) is 7.11 Å². The third-order valence-electron chi connectivity index (χ3n) is 3.08. The quantitative estimate of drug-likeness (QED) is 0.368. The van der Waals surface area contributed by atoms with Crippen LogP contribution in [0.15, 0.2) is 0 Å². The number of epoxide rings is 1. The van der Waals surface area contributed by atoms with Gasteiger partial charge in [0.15, 0.2) is 0 Å². The molecule has 2 aliphatic rings. The van der Waals surface area contributed by atoms with E-state index < -0.39 is 4.87 Å². The summed E-state index contributed by atoms with van der Waals surface area (Å²) in [6.07, 6.45) is 1.98. The number of esters is 1. The Labute approximate surface area is 82.3 Å². The Morgan fingerprint density at radius 3 is 2.92 bits per heavy atom. The van der Waals surface area contributed by atoms with Crippen LogP contribution in [0.2, 0.25) is 0 Å². The number of rotatable bonds is 1. The van der Waals surface area contributed by atoms with Gasteiger partial charge in [0.05, 0.1) is 19.3 Å². The molecule has 0 radical (unpaired) electrons. The molecule has 74 valence electrons. The van der Waals surface area contributed by atoms with Crippen molar-refractivity contribution < 1.29 is 14.3 Å². The third kappa shape index (κ3) is 1.34. The van der Waals surface area contributed by atoms with E-state index in [9.17, 15) is 4.79 Å². The first-order valence-corrected chi connectivity index (χ1v) is 4.88. The van der Waals surface area contributed by atoms with Crippen LogP contribution in [-0.4, -0.2) is 30.2 Å². The summed E-state index contributed by atoms with van der Waals surface area (Å²) in [4.78, 5) is 10.6. The smallest absolute Gasteiger partial charge is 0.327 e. The number of alkyl halides is 1. The fourth-order valence-electron chi connectivity index (χ4n) is 2.05. The minimum absolute atomic E-state index is 0.130. The molecule has 0 aromatic carbocycles. The highest BCUT2D eigenvalue weighted by molar-refractivity contribution is 6.34. The normalized spacial score (nSPS) is 48.1. The molecule has 1 saturated carbocycles. The predicted octanol–water partition coefficient (Wildman–Crippen LogP) is 1.33. The van der Waals surface area contributed by atoms with Gasteiger partial charge in [-0.25, -0.2) is 0 Å². The minimum atomic E-state index is -0.855. The number of carbonyl (C=O) groups excluding carboxylic acids is 1. The molecule has 0 spiro atoms. The summed E-state index contributed by atoms with van der Waals surface area (Å²) in [7, 11) is 1.37. The van der Waals surface area contributed by atoms with Crippen LogP contribution in [0.1, 0.15) is 19.8 Å². The van der Waals surface area contributed by atoms with Gasteiger partial charge in [-0.15, -0.1) is 11.6 Å². The zero-order valence-electron chi connectivity index (χ0n) is 7.75. The van der Waals surface area contributed by atoms with Gasteiger partial charge in [0.1, 0.15) is 4.87 Å². The largest absolute Gasteiger partial charge is 0.468 e. The van der Waals surface area contributed by atoms with Crippen molar-refractivity contribution in [1.82, 2.24) is 0 Å². The highest BCUT2D eigenvalue weighted by atomic mass is 35.5. The molecule has 0 bridgehead atoms. The lowest BCUT2D eigenvalue weighted by atomic mass is 9.79. The van der Waals surface area contributed by atoms with E-state index in [0.29, 0.717) is 12.5 Å². The SMILES string of the molecule is COC(=O)C1(Cl)CC2OC2CC1C. The van der Waals surface area contributed by atoms with Crippen molar-refractivity contribution in [3.05, 3.63) is 0 Å². The van der Waals surface area contributed by atoms with Crippen LogP contribution in [0.4, 0.5) is 0 Å². The Bertz CT molecular complexity index is 243. The molecule has 4 heteroatoms. The van der Waals surface area contributed by atoms with E-state index in [0.717, 1.165) is 6.42 Å². The molecule has 2 fully saturated rings. The summed E-state index contributed by atoms with van der Waals surface area (Å²) in [6, 6.07) is 0. The van der Waals surface area contributed by atoms with E-state index in [4.69, 9.17) is 21.1 Å². The highest BCUT2D eigenvalue weighted by Gasteiger charge is 2.57. The van der Waals surface area contributed by atoms with Gasteiger partial charge in [-0.2, -0.15) is 0 Å². The molecule has 13 heavy (non-hydrogen) atoms. The summed E-state index contributed by atoms with van der Waals surface area (Å²) < 4.78 is 10.0. The van der Waals surface area contributed by atoms with Crippen LogP contribution in [0, 0.1) is 5.92 Å². The average molecular weight is 205 g/mol. The van der Waals surface area contributed by atoms with E-state index in [2.05, 4.69) is 0 Å². The maximum Gasteiger partial charge on any atom is 0.327 e. The first-order chi connectivity index (χ1) is 6.08. The van der Waals surface area contributed by atoms with Crippen molar-refractivity contribution in [3.63, 3.8) is 0 Å². The van der Waals surface area contributed by atoms with Crippen LogP contribution < -0.4 is 0 Å². The first kappa shape index (κ1) is 9.28. The minimum Gasteiger partial charge on any atom is -0.468 e. The summed E-state index contributed by atoms with van der Waals surface area (Å²) in [5.74, 6) is -0.194. The zero-order valence-corrected chi connectivity index (χ0v) is 8.50. The predicted molar refractivity (Wildman–Crippen MR) is 47.7 cm³/mol. The van der Waals surface area contributed by atoms with Gasteiger partial charge in [0.25, 0.3) is 0 Å². The zero-order chi connectivity index (χ0) is 9.64. The van der Waals surface area contributed by atoms with E-state index in [-0.39, 0.29) is 18.0 Å². The van der Waals surface area contributed by atoms with Crippen LogP contribution in [0.3, 0.4) is 0 Å². The average Bonchev–Trinajstić information content (AvgIpc) is 2.81. The Morgan fingerprint density at radius 1 is 1.62 bits per heavy atom. The molecule has 2 rings (SSSR count). The molecule has 0 amide bonds. The number of carbonyl (C=O) groups is 1. The Morgan fingerprint density at radius 2 is 2.31 bits per heavy atom. The van der Waals surface area contributed by atoms with Gasteiger partial charge < -0.3 is 9.47 Å². The van der Waals surface area contributed by atoms with Gasteiger partial charge in [0.2, 0.25) is 0 Å². The summed E-state index contributed by atoms with van der Waals surface area (Å²) >= 11 is 6.24. The van der Waals surface area contributed by atoms with E-state index in [1.54, 1.807) is 0 Å². The maximum absolute atomic E-state index is 11.5. The van der Waals surface area contributed by atoms with Crippen molar-refractivity contribution >= 4 is 17.6 Å². The lowest BCUT2D eigenvalue weighted by molar-refractivity contribution is -0.146. The highest BCUT2D eigenvalue weighted by Crippen LogP contribution is 2.48. The van der Waals surface area contributed by atoms with Crippen molar-refractivity contribution in [2.24, 2.45) is 5.92 Å². The van der Waals surface area contributed by atoms with Crippen molar-refractivity contribution in [2.45, 2.75) is 36.8 Å². The standard InChI is InChI=1S/C9H13ClO3/c1-5-3-6-7(13-6)4-9(5,10)8(11)12-2/h5-7H,3-4H2,1-2H3. The van der Waals surface area contributed by atoms with Crippen molar-refractivity contribution in [1.29, 1.82) is 0 Å². The molecule has 4 atom stereocenters. The lowest BCUT2D eigenvalue weighted by Gasteiger charge is -2.32. The van der Waals surface area contributed by atoms with Gasteiger partial charge in [0, 0.05) is 6.42 Å². The van der Waals surface area contributed by atoms with Crippen LogP contribution in [0.25, 0.3) is 0 Å². The topological polar surface area (TPSA) is 38.8 Å². The Kier molecular flexibility index (Phi) is 2.04. The molecule has 1 saturated heterocycles. The summed E-state index contributed by atoms with van der Waals surface area (Å²) in [5, 5.41) is 0. The molecular formula is C9H13ClO3. The summed E-state index contributed by atoms with van der Waals surface area (Å²) in [6.45, 7) is 1.97.